The molecule has 0 saturated carbocycles. The van der Waals surface area contributed by atoms with Crippen LogP contribution < -0.4 is 10.6 Å². The number of halogens is 1. The van der Waals surface area contributed by atoms with Crippen molar-refractivity contribution in [3.05, 3.63) is 82.5 Å². The van der Waals surface area contributed by atoms with E-state index in [4.69, 9.17) is 11.6 Å². The van der Waals surface area contributed by atoms with Gasteiger partial charge in [0.2, 0.25) is 0 Å². The molecule has 0 aliphatic carbocycles. The van der Waals surface area contributed by atoms with E-state index in [-0.39, 0.29) is 11.7 Å². The van der Waals surface area contributed by atoms with E-state index in [0.717, 1.165) is 11.3 Å². The smallest absolute Gasteiger partial charge is 0.257 e. The molecule has 1 heterocycles. The van der Waals surface area contributed by atoms with Crippen molar-refractivity contribution in [2.45, 2.75) is 13.8 Å². The Morgan fingerprint density at radius 1 is 1.00 bits per heavy atom. The summed E-state index contributed by atoms with van der Waals surface area (Å²) in [7, 11) is 0. The number of rotatable bonds is 5. The molecule has 0 unspecified atom stereocenters. The predicted octanol–water partition coefficient (Wildman–Crippen LogP) is 5.24. The Hall–Kier alpha value is -3.18. The van der Waals surface area contributed by atoms with Gasteiger partial charge in [0, 0.05) is 28.2 Å². The average molecular weight is 380 g/mol. The molecule has 3 aromatic rings. The van der Waals surface area contributed by atoms with Crippen LogP contribution in [0.2, 0.25) is 5.02 Å². The molecule has 3 rings (SSSR count). The number of aryl methyl sites for hydroxylation is 1. The molecule has 0 saturated heterocycles. The van der Waals surface area contributed by atoms with Crippen molar-refractivity contribution in [2.24, 2.45) is 0 Å². The molecule has 27 heavy (non-hydrogen) atoms. The first kappa shape index (κ1) is 18.6. The van der Waals surface area contributed by atoms with Crippen LogP contribution in [-0.2, 0) is 0 Å². The van der Waals surface area contributed by atoms with Gasteiger partial charge in [0.25, 0.3) is 5.91 Å². The molecule has 6 heteroatoms. The number of anilines is 3. The van der Waals surface area contributed by atoms with Crippen LogP contribution in [0, 0.1) is 6.92 Å². The van der Waals surface area contributed by atoms with Gasteiger partial charge in [-0.25, -0.2) is 4.98 Å². The highest BCUT2D eigenvalue weighted by Crippen LogP contribution is 2.21. The largest absolute Gasteiger partial charge is 0.340 e. The molecular formula is C21H18ClN3O2. The summed E-state index contributed by atoms with van der Waals surface area (Å²) < 4.78 is 0. The van der Waals surface area contributed by atoms with Crippen molar-refractivity contribution in [3.8, 4) is 0 Å². The van der Waals surface area contributed by atoms with E-state index in [9.17, 15) is 9.59 Å². The molecule has 136 valence electrons. The van der Waals surface area contributed by atoms with E-state index in [1.54, 1.807) is 42.5 Å². The van der Waals surface area contributed by atoms with Gasteiger partial charge in [0.1, 0.15) is 5.82 Å². The van der Waals surface area contributed by atoms with Crippen LogP contribution in [0.25, 0.3) is 0 Å². The van der Waals surface area contributed by atoms with E-state index >= 15 is 0 Å². The van der Waals surface area contributed by atoms with Crippen molar-refractivity contribution in [1.29, 1.82) is 0 Å². The molecule has 0 spiro atoms. The first-order valence-electron chi connectivity index (χ1n) is 8.34. The molecule has 2 aromatic carbocycles. The standard InChI is InChI=1S/C21H18ClN3O2/c1-13-6-8-17(22)11-19(13)25-21(27)16-7-9-20(23-12-16)24-18-5-3-4-15(10-18)14(2)26/h3-12H,1-2H3,(H,23,24)(H,25,27). The van der Waals surface area contributed by atoms with Gasteiger partial charge in [-0.15, -0.1) is 0 Å². The minimum Gasteiger partial charge on any atom is -0.340 e. The second kappa shape index (κ2) is 8.01. The maximum absolute atomic E-state index is 12.4. The van der Waals surface area contributed by atoms with Crippen LogP contribution in [0.3, 0.4) is 0 Å². The Labute approximate surface area is 162 Å². The van der Waals surface area contributed by atoms with Crippen molar-refractivity contribution in [1.82, 2.24) is 4.98 Å². The number of benzene rings is 2. The first-order chi connectivity index (χ1) is 12.9. The monoisotopic (exact) mass is 379 g/mol. The number of pyridine rings is 1. The summed E-state index contributed by atoms with van der Waals surface area (Å²) in [4.78, 5) is 28.2. The van der Waals surface area contributed by atoms with Gasteiger partial charge in [0.15, 0.2) is 5.78 Å². The third-order valence-electron chi connectivity index (χ3n) is 4.01. The lowest BCUT2D eigenvalue weighted by atomic mass is 10.1. The summed E-state index contributed by atoms with van der Waals surface area (Å²) in [6.45, 7) is 3.42. The molecule has 1 aromatic heterocycles. The number of hydrogen-bond acceptors (Lipinski definition) is 4. The summed E-state index contributed by atoms with van der Waals surface area (Å²) >= 11 is 5.98. The van der Waals surface area contributed by atoms with Gasteiger partial charge in [-0.1, -0.05) is 29.8 Å². The molecule has 1 amide bonds. The van der Waals surface area contributed by atoms with Crippen LogP contribution in [0.1, 0.15) is 33.2 Å². The zero-order chi connectivity index (χ0) is 19.4. The lowest BCUT2D eigenvalue weighted by molar-refractivity contribution is 0.101. The minimum atomic E-state index is -0.266. The third-order valence-corrected chi connectivity index (χ3v) is 4.25. The summed E-state index contributed by atoms with van der Waals surface area (Å²) in [5.41, 5.74) is 3.38. The zero-order valence-corrected chi connectivity index (χ0v) is 15.7. The fraction of sp³-hybridized carbons (Fsp3) is 0.0952. The molecule has 0 fully saturated rings. The SMILES string of the molecule is CC(=O)c1cccc(Nc2ccc(C(=O)Nc3cc(Cl)ccc3C)cn2)c1. The van der Waals surface area contributed by atoms with Gasteiger partial charge < -0.3 is 10.6 Å². The van der Waals surface area contributed by atoms with E-state index in [1.165, 1.54) is 13.1 Å². The zero-order valence-electron chi connectivity index (χ0n) is 14.9. The van der Waals surface area contributed by atoms with Crippen molar-refractivity contribution in [3.63, 3.8) is 0 Å². The summed E-state index contributed by atoms with van der Waals surface area (Å²) in [5, 5.41) is 6.51. The highest BCUT2D eigenvalue weighted by atomic mass is 35.5. The van der Waals surface area contributed by atoms with Crippen LogP contribution in [0.5, 0.6) is 0 Å². The number of nitrogens with zero attached hydrogens (tertiary/aromatic N) is 1. The first-order valence-corrected chi connectivity index (χ1v) is 8.72. The predicted molar refractivity (Wildman–Crippen MR) is 108 cm³/mol. The number of aromatic nitrogens is 1. The number of nitrogens with one attached hydrogen (secondary N) is 2. The van der Waals surface area contributed by atoms with Gasteiger partial charge in [0.05, 0.1) is 5.56 Å². The summed E-state index contributed by atoms with van der Waals surface area (Å²) in [6.07, 6.45) is 1.49. The number of Topliss-reactive ketones (excluding diaryl/α,β-unsaturated/α-hetero) is 1. The molecule has 0 aliphatic rings. The molecule has 0 atom stereocenters. The lowest BCUT2D eigenvalue weighted by Crippen LogP contribution is -2.13. The highest BCUT2D eigenvalue weighted by molar-refractivity contribution is 6.31. The topological polar surface area (TPSA) is 71.1 Å². The Morgan fingerprint density at radius 2 is 1.81 bits per heavy atom. The van der Waals surface area contributed by atoms with Crippen LogP contribution in [0.4, 0.5) is 17.2 Å². The van der Waals surface area contributed by atoms with Gasteiger partial charge >= 0.3 is 0 Å². The fourth-order valence-corrected chi connectivity index (χ4v) is 2.66. The number of ketones is 1. The average Bonchev–Trinajstić information content (AvgIpc) is 2.65. The van der Waals surface area contributed by atoms with Gasteiger partial charge in [-0.05, 0) is 55.8 Å². The maximum atomic E-state index is 12.4. The van der Waals surface area contributed by atoms with E-state index in [2.05, 4.69) is 15.6 Å². The van der Waals surface area contributed by atoms with Crippen LogP contribution >= 0.6 is 11.6 Å². The molecular weight excluding hydrogens is 362 g/mol. The molecule has 0 radical (unpaired) electrons. The van der Waals surface area contributed by atoms with E-state index < -0.39 is 0 Å². The Morgan fingerprint density at radius 3 is 2.52 bits per heavy atom. The lowest BCUT2D eigenvalue weighted by Gasteiger charge is -2.10. The number of hydrogen-bond donors (Lipinski definition) is 2. The Balaban J connectivity index is 1.71. The number of amides is 1. The minimum absolute atomic E-state index is 0.00469. The third kappa shape index (κ3) is 4.71. The summed E-state index contributed by atoms with van der Waals surface area (Å²) in [6, 6.07) is 15.9. The fourth-order valence-electron chi connectivity index (χ4n) is 2.49. The van der Waals surface area contributed by atoms with Crippen molar-refractivity contribution in [2.75, 3.05) is 10.6 Å². The van der Waals surface area contributed by atoms with Gasteiger partial charge in [-0.3, -0.25) is 9.59 Å². The van der Waals surface area contributed by atoms with E-state index in [1.807, 2.05) is 19.1 Å². The second-order valence-corrected chi connectivity index (χ2v) is 6.54. The number of carbonyl (C=O) groups excluding carboxylic acids is 2. The summed E-state index contributed by atoms with van der Waals surface area (Å²) in [5.74, 6) is 0.305. The van der Waals surface area contributed by atoms with Crippen LogP contribution in [-0.4, -0.2) is 16.7 Å². The Bertz CT molecular complexity index is 1000. The van der Waals surface area contributed by atoms with Crippen LogP contribution in [0.15, 0.2) is 60.8 Å². The molecule has 0 bridgehead atoms. The van der Waals surface area contributed by atoms with Crippen molar-refractivity contribution < 1.29 is 9.59 Å². The van der Waals surface area contributed by atoms with Crippen molar-refractivity contribution >= 4 is 40.5 Å². The normalized spacial score (nSPS) is 10.3. The Kier molecular flexibility index (Phi) is 5.52. The number of carbonyl (C=O) groups is 2. The quantitative estimate of drug-likeness (QED) is 0.594. The molecule has 0 aliphatic heterocycles. The molecule has 2 N–H and O–H groups in total. The maximum Gasteiger partial charge on any atom is 0.257 e. The van der Waals surface area contributed by atoms with Gasteiger partial charge in [-0.2, -0.15) is 0 Å². The van der Waals surface area contributed by atoms with E-state index in [0.29, 0.717) is 27.7 Å². The highest BCUT2D eigenvalue weighted by Gasteiger charge is 2.09. The molecule has 5 nitrogen and oxygen atoms in total. The second-order valence-electron chi connectivity index (χ2n) is 6.11.